The Morgan fingerprint density at radius 2 is 1.89 bits per heavy atom. The molecule has 0 aliphatic rings. The summed E-state index contributed by atoms with van der Waals surface area (Å²) >= 11 is 12.2. The molecule has 0 bridgehead atoms. The highest BCUT2D eigenvalue weighted by atomic mass is 35.5. The van der Waals surface area contributed by atoms with E-state index in [9.17, 15) is 0 Å². The molecule has 2 N–H and O–H groups in total. The SMILES string of the molecule is CCCc1cccc(C(N)c2cc(Cl)ccc2Cl)c1. The fourth-order valence-corrected chi connectivity index (χ4v) is 2.58. The molecule has 1 atom stereocenters. The van der Waals surface area contributed by atoms with Crippen LogP contribution in [0.1, 0.15) is 36.1 Å². The van der Waals surface area contributed by atoms with Crippen molar-refractivity contribution in [2.24, 2.45) is 5.73 Å². The first-order valence-corrected chi connectivity index (χ1v) is 7.16. The first kappa shape index (κ1) is 14.4. The quantitative estimate of drug-likeness (QED) is 0.844. The summed E-state index contributed by atoms with van der Waals surface area (Å²) in [6.07, 6.45) is 2.18. The van der Waals surface area contributed by atoms with E-state index in [1.165, 1.54) is 5.56 Å². The highest BCUT2D eigenvalue weighted by molar-refractivity contribution is 6.33. The van der Waals surface area contributed by atoms with Crippen LogP contribution in [-0.2, 0) is 6.42 Å². The fraction of sp³-hybridized carbons (Fsp3) is 0.250. The van der Waals surface area contributed by atoms with Crippen molar-refractivity contribution in [2.45, 2.75) is 25.8 Å². The van der Waals surface area contributed by atoms with Gasteiger partial charge in [-0.3, -0.25) is 0 Å². The van der Waals surface area contributed by atoms with Gasteiger partial charge in [0.25, 0.3) is 0 Å². The zero-order chi connectivity index (χ0) is 13.8. The summed E-state index contributed by atoms with van der Waals surface area (Å²) in [5, 5.41) is 1.30. The molecule has 0 saturated carbocycles. The highest BCUT2D eigenvalue weighted by Crippen LogP contribution is 2.29. The van der Waals surface area contributed by atoms with Gasteiger partial charge in [0.1, 0.15) is 0 Å². The zero-order valence-corrected chi connectivity index (χ0v) is 12.4. The smallest absolute Gasteiger partial charge is 0.0567 e. The molecule has 2 aromatic carbocycles. The van der Waals surface area contributed by atoms with Gasteiger partial charge in [0.05, 0.1) is 6.04 Å². The van der Waals surface area contributed by atoms with E-state index in [4.69, 9.17) is 28.9 Å². The number of aryl methyl sites for hydroxylation is 1. The second-order valence-corrected chi connectivity index (χ2v) is 5.48. The van der Waals surface area contributed by atoms with Crippen molar-refractivity contribution in [3.8, 4) is 0 Å². The minimum Gasteiger partial charge on any atom is -0.320 e. The van der Waals surface area contributed by atoms with Crippen molar-refractivity contribution in [3.63, 3.8) is 0 Å². The number of hydrogen-bond donors (Lipinski definition) is 1. The molecule has 0 fully saturated rings. The summed E-state index contributed by atoms with van der Waals surface area (Å²) in [6, 6.07) is 13.5. The molecule has 2 rings (SSSR count). The zero-order valence-electron chi connectivity index (χ0n) is 10.9. The molecule has 0 aliphatic carbocycles. The third-order valence-electron chi connectivity index (χ3n) is 3.14. The minimum atomic E-state index is -0.247. The van der Waals surface area contributed by atoms with Crippen molar-refractivity contribution >= 4 is 23.2 Å². The Balaban J connectivity index is 2.35. The molecule has 1 unspecified atom stereocenters. The first-order chi connectivity index (χ1) is 9.11. The van der Waals surface area contributed by atoms with E-state index in [1.54, 1.807) is 12.1 Å². The van der Waals surface area contributed by atoms with E-state index in [-0.39, 0.29) is 6.04 Å². The van der Waals surface area contributed by atoms with E-state index in [0.717, 1.165) is 24.0 Å². The summed E-state index contributed by atoms with van der Waals surface area (Å²) in [5.41, 5.74) is 9.54. The van der Waals surface area contributed by atoms with Crippen LogP contribution < -0.4 is 5.73 Å². The molecule has 1 nitrogen and oxygen atoms in total. The maximum Gasteiger partial charge on any atom is 0.0567 e. The minimum absolute atomic E-state index is 0.247. The molecule has 0 radical (unpaired) electrons. The van der Waals surface area contributed by atoms with Crippen LogP contribution in [0.15, 0.2) is 42.5 Å². The summed E-state index contributed by atoms with van der Waals surface area (Å²) < 4.78 is 0. The number of rotatable bonds is 4. The average molecular weight is 294 g/mol. The van der Waals surface area contributed by atoms with Gasteiger partial charge in [-0.15, -0.1) is 0 Å². The lowest BCUT2D eigenvalue weighted by atomic mass is 9.97. The van der Waals surface area contributed by atoms with Gasteiger partial charge >= 0.3 is 0 Å². The number of hydrogen-bond acceptors (Lipinski definition) is 1. The van der Waals surface area contributed by atoms with Crippen molar-refractivity contribution < 1.29 is 0 Å². The molecule has 0 spiro atoms. The molecule has 3 heteroatoms. The molecule has 19 heavy (non-hydrogen) atoms. The van der Waals surface area contributed by atoms with Crippen LogP contribution in [0.25, 0.3) is 0 Å². The maximum absolute atomic E-state index is 6.31. The first-order valence-electron chi connectivity index (χ1n) is 6.41. The third kappa shape index (κ3) is 3.50. The molecule has 2 aromatic rings. The molecular weight excluding hydrogens is 277 g/mol. The van der Waals surface area contributed by atoms with E-state index in [2.05, 4.69) is 19.1 Å². The van der Waals surface area contributed by atoms with Crippen LogP contribution in [-0.4, -0.2) is 0 Å². The topological polar surface area (TPSA) is 26.0 Å². The van der Waals surface area contributed by atoms with E-state index in [1.807, 2.05) is 18.2 Å². The number of benzene rings is 2. The molecule has 0 amide bonds. The summed E-state index contributed by atoms with van der Waals surface area (Å²) in [6.45, 7) is 2.17. The van der Waals surface area contributed by atoms with E-state index in [0.29, 0.717) is 10.0 Å². The normalized spacial score (nSPS) is 12.4. The molecule has 0 heterocycles. The lowest BCUT2D eigenvalue weighted by Crippen LogP contribution is -2.12. The Hall–Kier alpha value is -1.02. The second-order valence-electron chi connectivity index (χ2n) is 4.64. The largest absolute Gasteiger partial charge is 0.320 e. The molecule has 0 aromatic heterocycles. The predicted octanol–water partition coefficient (Wildman–Crippen LogP) is 4.99. The van der Waals surface area contributed by atoms with Gasteiger partial charge in [0, 0.05) is 10.0 Å². The Kier molecular flexibility index (Phi) is 4.87. The number of nitrogens with two attached hydrogens (primary N) is 1. The molecule has 100 valence electrons. The van der Waals surface area contributed by atoms with Crippen molar-refractivity contribution in [1.29, 1.82) is 0 Å². The lowest BCUT2D eigenvalue weighted by Gasteiger charge is -2.15. The van der Waals surface area contributed by atoms with Gasteiger partial charge in [0.2, 0.25) is 0 Å². The number of halogens is 2. The fourth-order valence-electron chi connectivity index (χ4n) is 2.16. The van der Waals surface area contributed by atoms with Crippen molar-refractivity contribution in [1.82, 2.24) is 0 Å². The van der Waals surface area contributed by atoms with E-state index < -0.39 is 0 Å². The highest BCUT2D eigenvalue weighted by Gasteiger charge is 2.13. The Morgan fingerprint density at radius 1 is 1.11 bits per heavy atom. The van der Waals surface area contributed by atoms with Gasteiger partial charge in [-0.05, 0) is 41.3 Å². The van der Waals surface area contributed by atoms with Crippen LogP contribution in [0.3, 0.4) is 0 Å². The van der Waals surface area contributed by atoms with Crippen LogP contribution in [0.2, 0.25) is 10.0 Å². The van der Waals surface area contributed by atoms with Gasteiger partial charge < -0.3 is 5.73 Å². The lowest BCUT2D eigenvalue weighted by molar-refractivity contribution is 0.859. The third-order valence-corrected chi connectivity index (χ3v) is 3.72. The second kappa shape index (κ2) is 6.42. The van der Waals surface area contributed by atoms with E-state index >= 15 is 0 Å². The van der Waals surface area contributed by atoms with Gasteiger partial charge in [0.15, 0.2) is 0 Å². The monoisotopic (exact) mass is 293 g/mol. The van der Waals surface area contributed by atoms with Crippen LogP contribution in [0.4, 0.5) is 0 Å². The van der Waals surface area contributed by atoms with Crippen LogP contribution in [0.5, 0.6) is 0 Å². The summed E-state index contributed by atoms with van der Waals surface area (Å²) in [7, 11) is 0. The van der Waals surface area contributed by atoms with Crippen molar-refractivity contribution in [3.05, 3.63) is 69.2 Å². The average Bonchev–Trinajstić information content (AvgIpc) is 2.41. The van der Waals surface area contributed by atoms with Crippen LogP contribution >= 0.6 is 23.2 Å². The Bertz CT molecular complexity index is 566. The van der Waals surface area contributed by atoms with Gasteiger partial charge in [-0.25, -0.2) is 0 Å². The summed E-state index contributed by atoms with van der Waals surface area (Å²) in [5.74, 6) is 0. The van der Waals surface area contributed by atoms with Crippen LogP contribution in [0, 0.1) is 0 Å². The van der Waals surface area contributed by atoms with Gasteiger partial charge in [-0.1, -0.05) is 60.8 Å². The maximum atomic E-state index is 6.31. The predicted molar refractivity (Wildman–Crippen MR) is 82.9 cm³/mol. The molecule has 0 saturated heterocycles. The Morgan fingerprint density at radius 3 is 2.63 bits per heavy atom. The van der Waals surface area contributed by atoms with Crippen molar-refractivity contribution in [2.75, 3.05) is 0 Å². The molecule has 0 aliphatic heterocycles. The summed E-state index contributed by atoms with van der Waals surface area (Å²) in [4.78, 5) is 0. The van der Waals surface area contributed by atoms with Gasteiger partial charge in [-0.2, -0.15) is 0 Å². The Labute approximate surface area is 124 Å². The molecular formula is C16H17Cl2N. The standard InChI is InChI=1S/C16H17Cl2N/c1-2-4-11-5-3-6-12(9-11)16(19)14-10-13(17)7-8-15(14)18/h3,5-10,16H,2,4,19H2,1H3.